The van der Waals surface area contributed by atoms with E-state index < -0.39 is 29.2 Å². The van der Waals surface area contributed by atoms with Crippen molar-refractivity contribution in [1.82, 2.24) is 4.90 Å². The monoisotopic (exact) mass is 286 g/mol. The van der Waals surface area contributed by atoms with Crippen molar-refractivity contribution in [2.24, 2.45) is 0 Å². The molecule has 0 aromatic heterocycles. The number of anilines is 1. The Morgan fingerprint density at radius 2 is 1.90 bits per heavy atom. The molecule has 5 nitrogen and oxygen atoms in total. The number of rotatable bonds is 5. The third kappa shape index (κ3) is 3.91. The highest BCUT2D eigenvalue weighted by Crippen LogP contribution is 2.20. The maximum Gasteiger partial charge on any atom is 0.337 e. The van der Waals surface area contributed by atoms with E-state index in [-0.39, 0.29) is 5.69 Å². The number of urea groups is 1. The molecule has 0 bridgehead atoms. The zero-order valence-corrected chi connectivity index (χ0v) is 11.2. The number of carboxylic acid groups (broad SMARTS) is 1. The molecule has 1 aromatic rings. The predicted molar refractivity (Wildman–Crippen MR) is 69.9 cm³/mol. The standard InChI is InChI=1S/C13H16F2N2O3/c1-3-4-5-17(2)13(20)16-11-7-10(15)9(14)6-8(11)12(18)19/h6-7H,3-5H2,1-2H3,(H,16,20)(H,18,19). The molecule has 0 unspecified atom stereocenters. The second kappa shape index (κ2) is 6.83. The van der Waals surface area contributed by atoms with Gasteiger partial charge in [-0.3, -0.25) is 0 Å². The molecule has 0 aliphatic rings. The first-order valence-electron chi connectivity index (χ1n) is 6.11. The lowest BCUT2D eigenvalue weighted by Crippen LogP contribution is -2.32. The molecule has 2 amide bonds. The maximum absolute atomic E-state index is 13.1. The van der Waals surface area contributed by atoms with E-state index in [0.717, 1.165) is 12.8 Å². The smallest absolute Gasteiger partial charge is 0.337 e. The molecule has 110 valence electrons. The van der Waals surface area contributed by atoms with Crippen LogP contribution < -0.4 is 5.32 Å². The lowest BCUT2D eigenvalue weighted by molar-refractivity contribution is 0.0697. The second-order valence-corrected chi connectivity index (χ2v) is 4.32. The van der Waals surface area contributed by atoms with Crippen molar-refractivity contribution in [3.05, 3.63) is 29.3 Å². The van der Waals surface area contributed by atoms with Gasteiger partial charge in [-0.2, -0.15) is 0 Å². The lowest BCUT2D eigenvalue weighted by Gasteiger charge is -2.18. The summed E-state index contributed by atoms with van der Waals surface area (Å²) in [5.74, 6) is -3.95. The molecule has 1 rings (SSSR count). The van der Waals surface area contributed by atoms with Crippen molar-refractivity contribution >= 4 is 17.7 Å². The second-order valence-electron chi connectivity index (χ2n) is 4.32. The van der Waals surface area contributed by atoms with Crippen LogP contribution in [-0.4, -0.2) is 35.6 Å². The predicted octanol–water partition coefficient (Wildman–Crippen LogP) is 2.93. The van der Waals surface area contributed by atoms with E-state index in [4.69, 9.17) is 5.11 Å². The Hall–Kier alpha value is -2.18. The van der Waals surface area contributed by atoms with E-state index in [1.54, 1.807) is 0 Å². The van der Waals surface area contributed by atoms with Gasteiger partial charge in [-0.1, -0.05) is 13.3 Å². The minimum atomic E-state index is -1.45. The number of hydrogen-bond donors (Lipinski definition) is 2. The molecule has 0 heterocycles. The van der Waals surface area contributed by atoms with Crippen molar-refractivity contribution in [3.8, 4) is 0 Å². The molecule has 0 radical (unpaired) electrons. The first-order valence-corrected chi connectivity index (χ1v) is 6.11. The summed E-state index contributed by atoms with van der Waals surface area (Å²) in [6.07, 6.45) is 1.68. The van der Waals surface area contributed by atoms with Crippen LogP contribution >= 0.6 is 0 Å². The van der Waals surface area contributed by atoms with Crippen molar-refractivity contribution < 1.29 is 23.5 Å². The van der Waals surface area contributed by atoms with E-state index in [0.29, 0.717) is 18.7 Å². The number of carboxylic acids is 1. The van der Waals surface area contributed by atoms with Gasteiger partial charge in [0.1, 0.15) is 0 Å². The number of benzene rings is 1. The highest BCUT2D eigenvalue weighted by Gasteiger charge is 2.18. The Kier molecular flexibility index (Phi) is 5.42. The quantitative estimate of drug-likeness (QED) is 0.874. The SMILES string of the molecule is CCCCN(C)C(=O)Nc1cc(F)c(F)cc1C(=O)O. The van der Waals surface area contributed by atoms with E-state index >= 15 is 0 Å². The number of unbranched alkanes of at least 4 members (excludes halogenated alkanes) is 1. The maximum atomic E-state index is 13.1. The van der Waals surface area contributed by atoms with Crippen LogP contribution in [0.15, 0.2) is 12.1 Å². The number of nitrogens with zero attached hydrogens (tertiary/aromatic N) is 1. The molecule has 7 heteroatoms. The molecule has 2 N–H and O–H groups in total. The summed E-state index contributed by atoms with van der Waals surface area (Å²) in [5, 5.41) is 11.2. The minimum Gasteiger partial charge on any atom is -0.478 e. The summed E-state index contributed by atoms with van der Waals surface area (Å²) < 4.78 is 26.2. The number of carbonyl (C=O) groups excluding carboxylic acids is 1. The van der Waals surface area contributed by atoms with Crippen molar-refractivity contribution in [2.75, 3.05) is 18.9 Å². The fraction of sp³-hybridized carbons (Fsp3) is 0.385. The third-order valence-electron chi connectivity index (χ3n) is 2.73. The fourth-order valence-electron chi connectivity index (χ4n) is 1.53. The zero-order valence-electron chi connectivity index (χ0n) is 11.2. The van der Waals surface area contributed by atoms with Crippen LogP contribution in [0, 0.1) is 11.6 Å². The normalized spacial score (nSPS) is 10.2. The summed E-state index contributed by atoms with van der Waals surface area (Å²) in [6.45, 7) is 2.44. The van der Waals surface area contributed by atoms with Crippen LogP contribution in [-0.2, 0) is 0 Å². The summed E-state index contributed by atoms with van der Waals surface area (Å²) in [7, 11) is 1.53. The minimum absolute atomic E-state index is 0.273. The van der Waals surface area contributed by atoms with Gasteiger partial charge in [-0.15, -0.1) is 0 Å². The van der Waals surface area contributed by atoms with Gasteiger partial charge in [-0.05, 0) is 12.5 Å². The molecular formula is C13H16F2N2O3. The molecular weight excluding hydrogens is 270 g/mol. The average Bonchev–Trinajstić information content (AvgIpc) is 2.39. The van der Waals surface area contributed by atoms with Crippen molar-refractivity contribution in [2.45, 2.75) is 19.8 Å². The van der Waals surface area contributed by atoms with Gasteiger partial charge in [0.05, 0.1) is 11.3 Å². The van der Waals surface area contributed by atoms with Crippen LogP contribution in [0.2, 0.25) is 0 Å². The molecule has 20 heavy (non-hydrogen) atoms. The van der Waals surface area contributed by atoms with Crippen LogP contribution in [0.5, 0.6) is 0 Å². The molecule has 0 aliphatic carbocycles. The number of halogens is 2. The van der Waals surface area contributed by atoms with Crippen LogP contribution in [0.3, 0.4) is 0 Å². The van der Waals surface area contributed by atoms with Gasteiger partial charge in [0.15, 0.2) is 11.6 Å². The van der Waals surface area contributed by atoms with Crippen molar-refractivity contribution in [1.29, 1.82) is 0 Å². The van der Waals surface area contributed by atoms with E-state index in [2.05, 4.69) is 5.32 Å². The molecule has 1 aromatic carbocycles. The Morgan fingerprint density at radius 3 is 2.45 bits per heavy atom. The molecule has 0 spiro atoms. The van der Waals surface area contributed by atoms with E-state index in [1.807, 2.05) is 6.92 Å². The number of aromatic carboxylic acids is 1. The highest BCUT2D eigenvalue weighted by atomic mass is 19.2. The summed E-state index contributed by atoms with van der Waals surface area (Å²) in [6, 6.07) is 0.621. The van der Waals surface area contributed by atoms with E-state index in [1.165, 1.54) is 11.9 Å². The Morgan fingerprint density at radius 1 is 1.30 bits per heavy atom. The molecule has 0 fully saturated rings. The number of amides is 2. The molecule has 0 atom stereocenters. The lowest BCUT2D eigenvalue weighted by atomic mass is 10.1. The van der Waals surface area contributed by atoms with Crippen LogP contribution in [0.4, 0.5) is 19.3 Å². The number of carbonyl (C=O) groups is 2. The largest absolute Gasteiger partial charge is 0.478 e. The Bertz CT molecular complexity index is 521. The first kappa shape index (κ1) is 15.9. The average molecular weight is 286 g/mol. The first-order chi connectivity index (χ1) is 9.36. The Labute approximate surface area is 115 Å². The van der Waals surface area contributed by atoms with Gasteiger partial charge in [0.25, 0.3) is 0 Å². The van der Waals surface area contributed by atoms with E-state index in [9.17, 15) is 18.4 Å². The summed E-state index contributed by atoms with van der Waals surface area (Å²) in [4.78, 5) is 24.1. The molecule has 0 saturated carbocycles. The van der Waals surface area contributed by atoms with Crippen LogP contribution in [0.1, 0.15) is 30.1 Å². The molecule has 0 saturated heterocycles. The number of hydrogen-bond acceptors (Lipinski definition) is 2. The van der Waals surface area contributed by atoms with Gasteiger partial charge < -0.3 is 15.3 Å². The zero-order chi connectivity index (χ0) is 15.3. The fourth-order valence-corrected chi connectivity index (χ4v) is 1.53. The van der Waals surface area contributed by atoms with Crippen molar-refractivity contribution in [3.63, 3.8) is 0 Å². The highest BCUT2D eigenvalue weighted by molar-refractivity contribution is 5.99. The summed E-state index contributed by atoms with van der Waals surface area (Å²) >= 11 is 0. The topological polar surface area (TPSA) is 69.6 Å². The van der Waals surface area contributed by atoms with Gasteiger partial charge >= 0.3 is 12.0 Å². The van der Waals surface area contributed by atoms with Gasteiger partial charge in [0, 0.05) is 19.7 Å². The van der Waals surface area contributed by atoms with Crippen LogP contribution in [0.25, 0.3) is 0 Å². The van der Waals surface area contributed by atoms with Gasteiger partial charge in [0.2, 0.25) is 0 Å². The Balaban J connectivity index is 2.93. The number of nitrogens with one attached hydrogen (secondary N) is 1. The van der Waals surface area contributed by atoms with Gasteiger partial charge in [-0.25, -0.2) is 18.4 Å². The summed E-state index contributed by atoms with van der Waals surface area (Å²) in [5.41, 5.74) is -0.772. The third-order valence-corrected chi connectivity index (χ3v) is 2.73. The molecule has 0 aliphatic heterocycles.